The van der Waals surface area contributed by atoms with Crippen LogP contribution in [0.25, 0.3) is 0 Å². The fourth-order valence-corrected chi connectivity index (χ4v) is 2.27. The van der Waals surface area contributed by atoms with E-state index >= 15 is 0 Å². The highest BCUT2D eigenvalue weighted by molar-refractivity contribution is 4.84. The van der Waals surface area contributed by atoms with Gasteiger partial charge < -0.3 is 9.84 Å². The fraction of sp³-hybridized carbons (Fsp3) is 1.00. The Hall–Kier alpha value is -0.0800. The molecule has 2 heteroatoms. The van der Waals surface area contributed by atoms with Crippen LogP contribution >= 0.6 is 0 Å². The van der Waals surface area contributed by atoms with Crippen molar-refractivity contribution >= 4 is 0 Å². The van der Waals surface area contributed by atoms with Crippen LogP contribution in [0.2, 0.25) is 0 Å². The minimum Gasteiger partial charge on any atom is -0.390 e. The van der Waals surface area contributed by atoms with Crippen molar-refractivity contribution < 1.29 is 9.84 Å². The first-order valence-electron chi connectivity index (χ1n) is 5.04. The second kappa shape index (κ2) is 3.00. The predicted molar refractivity (Wildman–Crippen MR) is 47.0 cm³/mol. The third-order valence-electron chi connectivity index (χ3n) is 3.21. The van der Waals surface area contributed by atoms with Crippen LogP contribution in [-0.2, 0) is 4.74 Å². The van der Waals surface area contributed by atoms with Gasteiger partial charge in [-0.15, -0.1) is 0 Å². The Bertz CT molecular complexity index is 149. The second-order valence-electron chi connectivity index (χ2n) is 4.53. The average Bonchev–Trinajstić information content (AvgIpc) is 2.44. The van der Waals surface area contributed by atoms with Crippen LogP contribution in [-0.4, -0.2) is 22.9 Å². The summed E-state index contributed by atoms with van der Waals surface area (Å²) in [6.07, 6.45) is 7.21. The van der Waals surface area contributed by atoms with E-state index in [2.05, 4.69) is 0 Å². The highest BCUT2D eigenvalue weighted by Crippen LogP contribution is 2.33. The summed E-state index contributed by atoms with van der Waals surface area (Å²) in [5.74, 6) is 0. The molecule has 2 aliphatic heterocycles. The molecule has 0 aromatic rings. The third-order valence-corrected chi connectivity index (χ3v) is 3.21. The lowest BCUT2D eigenvalue weighted by molar-refractivity contribution is -0.0365. The Kier molecular flexibility index (Phi) is 2.13. The van der Waals surface area contributed by atoms with Gasteiger partial charge in [-0.3, -0.25) is 0 Å². The number of rotatable bonds is 0. The molecule has 0 spiro atoms. The van der Waals surface area contributed by atoms with Gasteiger partial charge in [0.2, 0.25) is 0 Å². The molecule has 1 unspecified atom stereocenters. The fourth-order valence-electron chi connectivity index (χ4n) is 2.27. The molecule has 2 fully saturated rings. The van der Waals surface area contributed by atoms with E-state index in [9.17, 15) is 5.11 Å². The van der Waals surface area contributed by atoms with Crippen LogP contribution < -0.4 is 0 Å². The standard InChI is InChI=1S/C10H18O2/c1-10(11)6-4-8-2-3-9(12-8)5-7-10/h8-9,11H,2-7H2,1H3/t8-,9+,10?. The van der Waals surface area contributed by atoms with Crippen molar-refractivity contribution in [3.8, 4) is 0 Å². The summed E-state index contributed by atoms with van der Waals surface area (Å²) < 4.78 is 5.78. The summed E-state index contributed by atoms with van der Waals surface area (Å²) in [5.41, 5.74) is -0.426. The Morgan fingerprint density at radius 3 is 2.08 bits per heavy atom. The van der Waals surface area contributed by atoms with E-state index in [0.717, 1.165) is 25.7 Å². The van der Waals surface area contributed by atoms with Gasteiger partial charge in [0.1, 0.15) is 0 Å². The van der Waals surface area contributed by atoms with Crippen LogP contribution in [0.1, 0.15) is 45.4 Å². The van der Waals surface area contributed by atoms with Gasteiger partial charge in [-0.1, -0.05) is 0 Å². The largest absolute Gasteiger partial charge is 0.390 e. The lowest BCUT2D eigenvalue weighted by Crippen LogP contribution is -2.30. The molecule has 0 radical (unpaired) electrons. The summed E-state index contributed by atoms with van der Waals surface area (Å²) in [4.78, 5) is 0. The van der Waals surface area contributed by atoms with Gasteiger partial charge in [0.15, 0.2) is 0 Å². The number of ether oxygens (including phenoxy) is 1. The molecule has 0 aromatic heterocycles. The van der Waals surface area contributed by atoms with E-state index in [4.69, 9.17) is 4.74 Å². The molecule has 2 nitrogen and oxygen atoms in total. The molecule has 2 bridgehead atoms. The molecular weight excluding hydrogens is 152 g/mol. The first-order valence-corrected chi connectivity index (χ1v) is 5.04. The molecule has 0 aromatic carbocycles. The van der Waals surface area contributed by atoms with Crippen molar-refractivity contribution in [1.29, 1.82) is 0 Å². The summed E-state index contributed by atoms with van der Waals surface area (Å²) in [5, 5.41) is 9.89. The van der Waals surface area contributed by atoms with Gasteiger partial charge in [0.05, 0.1) is 17.8 Å². The van der Waals surface area contributed by atoms with Gasteiger partial charge >= 0.3 is 0 Å². The molecule has 2 saturated heterocycles. The highest BCUT2D eigenvalue weighted by atomic mass is 16.5. The molecule has 0 saturated carbocycles. The van der Waals surface area contributed by atoms with E-state index in [-0.39, 0.29) is 0 Å². The summed E-state index contributed by atoms with van der Waals surface area (Å²) in [6.45, 7) is 1.96. The van der Waals surface area contributed by atoms with Crippen molar-refractivity contribution in [2.75, 3.05) is 0 Å². The maximum absolute atomic E-state index is 9.89. The predicted octanol–water partition coefficient (Wildman–Crippen LogP) is 1.86. The molecule has 3 atom stereocenters. The van der Waals surface area contributed by atoms with E-state index in [1.54, 1.807) is 0 Å². The zero-order valence-electron chi connectivity index (χ0n) is 7.75. The molecule has 2 heterocycles. The quantitative estimate of drug-likeness (QED) is 0.601. The van der Waals surface area contributed by atoms with Gasteiger partial charge in [0.25, 0.3) is 0 Å². The van der Waals surface area contributed by atoms with Crippen molar-refractivity contribution in [3.63, 3.8) is 0 Å². The SMILES string of the molecule is CC1(O)CC[C@H]2CC[C@@H](CC1)O2. The van der Waals surface area contributed by atoms with Crippen molar-refractivity contribution in [2.45, 2.75) is 63.3 Å². The van der Waals surface area contributed by atoms with E-state index < -0.39 is 5.60 Å². The molecular formula is C10H18O2. The smallest absolute Gasteiger partial charge is 0.0621 e. The number of hydrogen-bond acceptors (Lipinski definition) is 2. The number of hydrogen-bond donors (Lipinski definition) is 1. The second-order valence-corrected chi connectivity index (χ2v) is 4.53. The van der Waals surface area contributed by atoms with Crippen LogP contribution in [0.5, 0.6) is 0 Å². The van der Waals surface area contributed by atoms with Gasteiger partial charge in [-0.05, 0) is 45.4 Å². The molecule has 1 N–H and O–H groups in total. The van der Waals surface area contributed by atoms with E-state index in [0.29, 0.717) is 12.2 Å². The Morgan fingerprint density at radius 1 is 1.08 bits per heavy atom. The van der Waals surface area contributed by atoms with Gasteiger partial charge in [-0.2, -0.15) is 0 Å². The van der Waals surface area contributed by atoms with Crippen molar-refractivity contribution in [2.24, 2.45) is 0 Å². The molecule has 2 rings (SSSR count). The first kappa shape index (κ1) is 8.52. The topological polar surface area (TPSA) is 29.5 Å². The van der Waals surface area contributed by atoms with Crippen molar-refractivity contribution in [1.82, 2.24) is 0 Å². The van der Waals surface area contributed by atoms with Crippen LogP contribution in [0.3, 0.4) is 0 Å². The van der Waals surface area contributed by atoms with Crippen LogP contribution in [0.15, 0.2) is 0 Å². The minimum absolute atomic E-state index is 0.426. The number of aliphatic hydroxyl groups is 1. The van der Waals surface area contributed by atoms with Gasteiger partial charge in [0, 0.05) is 0 Å². The highest BCUT2D eigenvalue weighted by Gasteiger charge is 2.32. The van der Waals surface area contributed by atoms with E-state index in [1.807, 2.05) is 6.92 Å². The zero-order valence-corrected chi connectivity index (χ0v) is 7.75. The van der Waals surface area contributed by atoms with E-state index in [1.165, 1.54) is 12.8 Å². The maximum atomic E-state index is 9.89. The minimum atomic E-state index is -0.426. The maximum Gasteiger partial charge on any atom is 0.0621 e. The molecule has 12 heavy (non-hydrogen) atoms. The number of fused-ring (bicyclic) bond motifs is 2. The Balaban J connectivity index is 1.99. The Labute approximate surface area is 73.9 Å². The average molecular weight is 170 g/mol. The molecule has 70 valence electrons. The van der Waals surface area contributed by atoms with Gasteiger partial charge in [-0.25, -0.2) is 0 Å². The zero-order chi connectivity index (χ0) is 8.60. The van der Waals surface area contributed by atoms with Crippen LogP contribution in [0.4, 0.5) is 0 Å². The monoisotopic (exact) mass is 170 g/mol. The third kappa shape index (κ3) is 1.80. The lowest BCUT2D eigenvalue weighted by Gasteiger charge is -2.28. The summed E-state index contributed by atoms with van der Waals surface area (Å²) in [6, 6.07) is 0. The molecule has 0 aliphatic carbocycles. The molecule has 2 aliphatic rings. The lowest BCUT2D eigenvalue weighted by atomic mass is 9.92. The van der Waals surface area contributed by atoms with Crippen molar-refractivity contribution in [3.05, 3.63) is 0 Å². The summed E-state index contributed by atoms with van der Waals surface area (Å²) in [7, 11) is 0. The normalized spacial score (nSPS) is 48.5. The first-order chi connectivity index (χ1) is 5.66. The molecule has 0 amide bonds. The Morgan fingerprint density at radius 2 is 1.58 bits per heavy atom. The summed E-state index contributed by atoms with van der Waals surface area (Å²) >= 11 is 0. The van der Waals surface area contributed by atoms with Crippen LogP contribution in [0, 0.1) is 0 Å².